The van der Waals surface area contributed by atoms with E-state index in [1.165, 1.54) is 38.5 Å². The van der Waals surface area contributed by atoms with Crippen molar-refractivity contribution in [2.24, 2.45) is 5.73 Å². The van der Waals surface area contributed by atoms with Gasteiger partial charge in [0.05, 0.1) is 12.7 Å². The molecule has 14 heavy (non-hydrogen) atoms. The van der Waals surface area contributed by atoms with E-state index in [0.29, 0.717) is 18.4 Å². The fourth-order valence-corrected chi connectivity index (χ4v) is 2.17. The molecule has 0 atom stereocenters. The molecular weight excluding hydrogens is 176 g/mol. The smallest absolute Gasteiger partial charge is 0.208 e. The zero-order valence-corrected chi connectivity index (χ0v) is 8.54. The van der Waals surface area contributed by atoms with Crippen molar-refractivity contribution >= 4 is 0 Å². The van der Waals surface area contributed by atoms with Crippen molar-refractivity contribution in [1.29, 1.82) is 0 Å². The van der Waals surface area contributed by atoms with E-state index in [9.17, 15) is 0 Å². The zero-order valence-electron chi connectivity index (χ0n) is 8.54. The minimum Gasteiger partial charge on any atom is -0.444 e. The Hall–Kier alpha value is -0.830. The molecule has 1 aliphatic carbocycles. The highest BCUT2D eigenvalue weighted by Gasteiger charge is 2.17. The first kappa shape index (κ1) is 9.71. The van der Waals surface area contributed by atoms with E-state index in [2.05, 4.69) is 4.98 Å². The zero-order chi connectivity index (χ0) is 9.80. The summed E-state index contributed by atoms with van der Waals surface area (Å²) in [4.78, 5) is 4.15. The summed E-state index contributed by atoms with van der Waals surface area (Å²) in [5, 5.41) is 0. The van der Waals surface area contributed by atoms with Gasteiger partial charge in [0.25, 0.3) is 0 Å². The van der Waals surface area contributed by atoms with E-state index in [0.717, 1.165) is 5.76 Å². The van der Waals surface area contributed by atoms with Crippen molar-refractivity contribution in [2.45, 2.75) is 51.0 Å². The SMILES string of the molecule is NCc1ncc(C2CCCCCC2)o1. The molecule has 1 aliphatic rings. The normalized spacial score (nSPS) is 19.5. The molecular formula is C11H18N2O. The quantitative estimate of drug-likeness (QED) is 0.736. The highest BCUT2D eigenvalue weighted by atomic mass is 16.4. The molecule has 3 nitrogen and oxygen atoms in total. The van der Waals surface area contributed by atoms with Crippen LogP contribution in [0.5, 0.6) is 0 Å². The predicted molar refractivity (Wildman–Crippen MR) is 54.8 cm³/mol. The molecule has 0 radical (unpaired) electrons. The van der Waals surface area contributed by atoms with Crippen molar-refractivity contribution in [3.8, 4) is 0 Å². The van der Waals surface area contributed by atoms with Crippen molar-refractivity contribution in [1.82, 2.24) is 4.98 Å². The van der Waals surface area contributed by atoms with Gasteiger partial charge in [-0.05, 0) is 12.8 Å². The Labute approximate surface area is 84.7 Å². The Bertz CT molecular complexity index is 275. The molecule has 2 N–H and O–H groups in total. The summed E-state index contributed by atoms with van der Waals surface area (Å²) in [5.74, 6) is 2.31. The third-order valence-electron chi connectivity index (χ3n) is 3.00. The van der Waals surface area contributed by atoms with Crippen LogP contribution >= 0.6 is 0 Å². The fraction of sp³-hybridized carbons (Fsp3) is 0.727. The standard InChI is InChI=1S/C11H18N2O/c12-7-11-13-8-10(14-11)9-5-3-1-2-4-6-9/h8-9H,1-7,12H2. The number of hydrogen-bond donors (Lipinski definition) is 1. The van der Waals surface area contributed by atoms with Crippen molar-refractivity contribution < 1.29 is 4.42 Å². The highest BCUT2D eigenvalue weighted by molar-refractivity contribution is 5.02. The van der Waals surface area contributed by atoms with Gasteiger partial charge in [-0.2, -0.15) is 0 Å². The maximum absolute atomic E-state index is 5.59. The first-order valence-corrected chi connectivity index (χ1v) is 5.55. The molecule has 0 saturated heterocycles. The third-order valence-corrected chi connectivity index (χ3v) is 3.00. The number of nitrogens with zero attached hydrogens (tertiary/aromatic N) is 1. The second kappa shape index (κ2) is 4.60. The molecule has 3 heteroatoms. The molecule has 0 bridgehead atoms. The van der Waals surface area contributed by atoms with Crippen molar-refractivity contribution in [2.75, 3.05) is 0 Å². The second-order valence-electron chi connectivity index (χ2n) is 4.05. The monoisotopic (exact) mass is 194 g/mol. The van der Waals surface area contributed by atoms with Gasteiger partial charge in [-0.1, -0.05) is 25.7 Å². The molecule has 0 spiro atoms. The first-order chi connectivity index (χ1) is 6.90. The van der Waals surface area contributed by atoms with Crippen LogP contribution in [0.4, 0.5) is 0 Å². The van der Waals surface area contributed by atoms with Crippen molar-refractivity contribution in [3.63, 3.8) is 0 Å². The van der Waals surface area contributed by atoms with E-state index < -0.39 is 0 Å². The summed E-state index contributed by atoms with van der Waals surface area (Å²) in [7, 11) is 0. The van der Waals surface area contributed by atoms with Gasteiger partial charge in [0.15, 0.2) is 0 Å². The van der Waals surface area contributed by atoms with E-state index in [1.807, 2.05) is 6.20 Å². The fourth-order valence-electron chi connectivity index (χ4n) is 2.17. The van der Waals surface area contributed by atoms with E-state index in [-0.39, 0.29) is 0 Å². The largest absolute Gasteiger partial charge is 0.444 e. The lowest BCUT2D eigenvalue weighted by Gasteiger charge is -2.09. The lowest BCUT2D eigenvalue weighted by Crippen LogP contribution is -1.96. The number of nitrogens with two attached hydrogens (primary N) is 1. The molecule has 1 aromatic heterocycles. The van der Waals surface area contributed by atoms with Gasteiger partial charge < -0.3 is 10.2 Å². The van der Waals surface area contributed by atoms with Crippen LogP contribution in [0.3, 0.4) is 0 Å². The van der Waals surface area contributed by atoms with Gasteiger partial charge in [-0.15, -0.1) is 0 Å². The maximum Gasteiger partial charge on any atom is 0.208 e. The summed E-state index contributed by atoms with van der Waals surface area (Å²) in [5.41, 5.74) is 5.47. The lowest BCUT2D eigenvalue weighted by atomic mass is 9.98. The maximum atomic E-state index is 5.59. The van der Waals surface area contributed by atoms with Gasteiger partial charge >= 0.3 is 0 Å². The van der Waals surface area contributed by atoms with Crippen LogP contribution in [-0.2, 0) is 6.54 Å². The average molecular weight is 194 g/mol. The summed E-state index contributed by atoms with van der Waals surface area (Å²) in [6, 6.07) is 0. The van der Waals surface area contributed by atoms with E-state index in [1.54, 1.807) is 0 Å². The summed E-state index contributed by atoms with van der Waals surface area (Å²) in [6.07, 6.45) is 9.74. The number of rotatable bonds is 2. The number of aromatic nitrogens is 1. The van der Waals surface area contributed by atoms with E-state index >= 15 is 0 Å². The summed E-state index contributed by atoms with van der Waals surface area (Å²) in [6.45, 7) is 0.409. The van der Waals surface area contributed by atoms with Crippen LogP contribution in [0.15, 0.2) is 10.6 Å². The van der Waals surface area contributed by atoms with E-state index in [4.69, 9.17) is 10.2 Å². The van der Waals surface area contributed by atoms with Crippen LogP contribution in [0.1, 0.15) is 56.1 Å². The minimum absolute atomic E-state index is 0.409. The molecule has 1 aromatic rings. The first-order valence-electron chi connectivity index (χ1n) is 5.55. The third kappa shape index (κ3) is 2.15. The number of hydrogen-bond acceptors (Lipinski definition) is 3. The molecule has 0 aliphatic heterocycles. The molecule has 0 aromatic carbocycles. The molecule has 1 fully saturated rings. The molecule has 2 rings (SSSR count). The Morgan fingerprint density at radius 1 is 1.29 bits per heavy atom. The Balaban J connectivity index is 2.04. The Morgan fingerprint density at radius 2 is 2.00 bits per heavy atom. The van der Waals surface area contributed by atoms with Crippen LogP contribution in [0.25, 0.3) is 0 Å². The van der Waals surface area contributed by atoms with Gasteiger partial charge in [-0.3, -0.25) is 0 Å². The molecule has 1 saturated carbocycles. The van der Waals surface area contributed by atoms with Gasteiger partial charge in [0.2, 0.25) is 5.89 Å². The lowest BCUT2D eigenvalue weighted by molar-refractivity contribution is 0.405. The van der Waals surface area contributed by atoms with Crippen LogP contribution in [-0.4, -0.2) is 4.98 Å². The van der Waals surface area contributed by atoms with Gasteiger partial charge in [0.1, 0.15) is 5.76 Å². The summed E-state index contributed by atoms with van der Waals surface area (Å²) < 4.78 is 5.59. The number of oxazole rings is 1. The molecule has 0 unspecified atom stereocenters. The van der Waals surface area contributed by atoms with Crippen LogP contribution in [0.2, 0.25) is 0 Å². The van der Waals surface area contributed by atoms with Gasteiger partial charge in [0, 0.05) is 5.92 Å². The average Bonchev–Trinajstić information content (AvgIpc) is 2.53. The van der Waals surface area contributed by atoms with Crippen LogP contribution < -0.4 is 5.73 Å². The second-order valence-corrected chi connectivity index (χ2v) is 4.05. The Kier molecular flexibility index (Phi) is 3.19. The van der Waals surface area contributed by atoms with Crippen molar-refractivity contribution in [3.05, 3.63) is 17.8 Å². The Morgan fingerprint density at radius 3 is 2.57 bits per heavy atom. The molecule has 78 valence electrons. The predicted octanol–water partition coefficient (Wildman–Crippen LogP) is 2.57. The highest BCUT2D eigenvalue weighted by Crippen LogP contribution is 2.31. The minimum atomic E-state index is 0.409. The van der Waals surface area contributed by atoms with Crippen LogP contribution in [0, 0.1) is 0 Å². The molecule has 0 amide bonds. The summed E-state index contributed by atoms with van der Waals surface area (Å²) >= 11 is 0. The van der Waals surface area contributed by atoms with Gasteiger partial charge in [-0.25, -0.2) is 4.98 Å². The topological polar surface area (TPSA) is 52.0 Å². The molecule has 1 heterocycles.